The lowest BCUT2D eigenvalue weighted by atomic mass is 10.3. The highest BCUT2D eigenvalue weighted by Gasteiger charge is 2.25. The minimum atomic E-state index is -0.0279. The molecule has 1 amide bonds. The predicted molar refractivity (Wildman–Crippen MR) is 55.5 cm³/mol. The fourth-order valence-electron chi connectivity index (χ4n) is 1.41. The first-order valence-corrected chi connectivity index (χ1v) is 5.10. The summed E-state index contributed by atoms with van der Waals surface area (Å²) in [6.07, 6.45) is 1.66. The molecule has 0 saturated heterocycles. The molecule has 14 heavy (non-hydrogen) atoms. The molecule has 0 N–H and O–H groups in total. The first-order valence-electron chi connectivity index (χ1n) is 4.31. The summed E-state index contributed by atoms with van der Waals surface area (Å²) in [4.78, 5) is 17.2. The average Bonchev–Trinajstić information content (AvgIpc) is 2.17. The summed E-state index contributed by atoms with van der Waals surface area (Å²) < 4.78 is 6.04. The van der Waals surface area contributed by atoms with Crippen LogP contribution in [0.1, 0.15) is 6.92 Å². The smallest absolute Gasteiger partial charge is 0.265 e. The number of hydrogen-bond acceptors (Lipinski definition) is 3. The number of pyridine rings is 1. The van der Waals surface area contributed by atoms with Crippen molar-refractivity contribution in [2.75, 3.05) is 18.1 Å². The fraction of sp³-hybridized carbons (Fsp3) is 0.333. The van der Waals surface area contributed by atoms with Gasteiger partial charge in [-0.3, -0.25) is 4.79 Å². The topological polar surface area (TPSA) is 42.4 Å². The molecule has 1 aromatic heterocycles. The van der Waals surface area contributed by atoms with Crippen molar-refractivity contribution in [3.8, 4) is 5.88 Å². The van der Waals surface area contributed by atoms with Crippen LogP contribution in [0.2, 0.25) is 0 Å². The molecule has 0 aromatic carbocycles. The first kappa shape index (κ1) is 9.45. The molecule has 2 rings (SSSR count). The number of amides is 1. The van der Waals surface area contributed by atoms with Crippen molar-refractivity contribution >= 4 is 27.5 Å². The zero-order valence-corrected chi connectivity index (χ0v) is 9.24. The molecular weight excluding hydrogens is 248 g/mol. The number of carbonyl (C=O) groups excluding carboxylic acids is 1. The second kappa shape index (κ2) is 3.57. The van der Waals surface area contributed by atoms with Crippen molar-refractivity contribution in [3.63, 3.8) is 0 Å². The van der Waals surface area contributed by atoms with Crippen molar-refractivity contribution in [2.24, 2.45) is 0 Å². The normalized spacial score (nSPS) is 15.0. The molecular formula is C9H9BrN2O2. The zero-order chi connectivity index (χ0) is 10.1. The number of anilines is 1. The second-order valence-corrected chi connectivity index (χ2v) is 3.82. The van der Waals surface area contributed by atoms with Gasteiger partial charge in [0, 0.05) is 17.2 Å². The van der Waals surface area contributed by atoms with Gasteiger partial charge in [0.2, 0.25) is 5.88 Å². The standard InChI is InChI=1S/C9H9BrN2O2/c1-2-12-7-3-6(10)4-11-9(7)14-5-8(12)13/h3-4H,2,5H2,1H3. The highest BCUT2D eigenvalue weighted by atomic mass is 79.9. The Morgan fingerprint density at radius 3 is 3.21 bits per heavy atom. The van der Waals surface area contributed by atoms with E-state index in [2.05, 4.69) is 20.9 Å². The quantitative estimate of drug-likeness (QED) is 0.767. The Kier molecular flexibility index (Phi) is 2.41. The molecule has 0 spiro atoms. The van der Waals surface area contributed by atoms with Crippen LogP contribution < -0.4 is 9.64 Å². The lowest BCUT2D eigenvalue weighted by Crippen LogP contribution is -2.38. The number of rotatable bonds is 1. The van der Waals surface area contributed by atoms with Gasteiger partial charge in [0.15, 0.2) is 6.61 Å². The van der Waals surface area contributed by atoms with Gasteiger partial charge in [-0.05, 0) is 28.9 Å². The molecule has 1 aliphatic rings. The summed E-state index contributed by atoms with van der Waals surface area (Å²) in [5, 5.41) is 0. The molecule has 0 fully saturated rings. The van der Waals surface area contributed by atoms with Crippen molar-refractivity contribution < 1.29 is 9.53 Å². The van der Waals surface area contributed by atoms with Crippen LogP contribution in [0.4, 0.5) is 5.69 Å². The Labute approximate surface area is 90.0 Å². The number of hydrogen-bond donors (Lipinski definition) is 0. The third-order valence-electron chi connectivity index (χ3n) is 2.04. The van der Waals surface area contributed by atoms with Gasteiger partial charge in [0.05, 0.1) is 0 Å². The number of aromatic nitrogens is 1. The van der Waals surface area contributed by atoms with Crippen LogP contribution >= 0.6 is 15.9 Å². The van der Waals surface area contributed by atoms with Crippen LogP contribution in [0, 0.1) is 0 Å². The summed E-state index contributed by atoms with van der Waals surface area (Å²) in [5.74, 6) is 0.495. The van der Waals surface area contributed by atoms with Gasteiger partial charge in [-0.2, -0.15) is 0 Å². The number of likely N-dealkylation sites (N-methyl/N-ethyl adjacent to an activating group) is 1. The number of halogens is 1. The third-order valence-corrected chi connectivity index (χ3v) is 2.47. The van der Waals surface area contributed by atoms with E-state index in [1.54, 1.807) is 11.1 Å². The number of carbonyl (C=O) groups is 1. The van der Waals surface area contributed by atoms with Gasteiger partial charge in [-0.1, -0.05) is 0 Å². The molecule has 0 aliphatic carbocycles. The van der Waals surface area contributed by atoms with Gasteiger partial charge in [-0.15, -0.1) is 0 Å². The van der Waals surface area contributed by atoms with E-state index in [0.717, 1.165) is 10.2 Å². The maximum Gasteiger partial charge on any atom is 0.265 e. The average molecular weight is 257 g/mol. The minimum Gasteiger partial charge on any atom is -0.466 e. The number of fused-ring (bicyclic) bond motifs is 1. The molecule has 1 aliphatic heterocycles. The second-order valence-electron chi connectivity index (χ2n) is 2.90. The molecule has 1 aromatic rings. The van der Waals surface area contributed by atoms with E-state index >= 15 is 0 Å². The van der Waals surface area contributed by atoms with Gasteiger partial charge in [0.1, 0.15) is 5.69 Å². The molecule has 0 atom stereocenters. The Bertz CT molecular complexity index is 381. The SMILES string of the molecule is CCN1C(=O)COc2ncc(Br)cc21. The Hall–Kier alpha value is -1.10. The van der Waals surface area contributed by atoms with Crippen molar-refractivity contribution in [1.29, 1.82) is 0 Å². The maximum absolute atomic E-state index is 11.5. The first-order chi connectivity index (χ1) is 6.72. The van der Waals surface area contributed by atoms with E-state index in [0.29, 0.717) is 12.4 Å². The maximum atomic E-state index is 11.5. The molecule has 0 radical (unpaired) electrons. The van der Waals surface area contributed by atoms with E-state index in [1.165, 1.54) is 0 Å². The van der Waals surface area contributed by atoms with Gasteiger partial charge in [0.25, 0.3) is 5.91 Å². The van der Waals surface area contributed by atoms with E-state index in [-0.39, 0.29) is 12.5 Å². The van der Waals surface area contributed by atoms with Crippen molar-refractivity contribution in [3.05, 3.63) is 16.7 Å². The monoisotopic (exact) mass is 256 g/mol. The van der Waals surface area contributed by atoms with Crippen molar-refractivity contribution in [2.45, 2.75) is 6.92 Å². The fourth-order valence-corrected chi connectivity index (χ4v) is 1.73. The van der Waals surface area contributed by atoms with Gasteiger partial charge >= 0.3 is 0 Å². The molecule has 2 heterocycles. The molecule has 5 heteroatoms. The summed E-state index contributed by atoms with van der Waals surface area (Å²) in [5.41, 5.74) is 0.734. The Morgan fingerprint density at radius 2 is 2.50 bits per heavy atom. The zero-order valence-electron chi connectivity index (χ0n) is 7.66. The van der Waals surface area contributed by atoms with Crippen LogP contribution in [0.15, 0.2) is 16.7 Å². The van der Waals surface area contributed by atoms with Crippen LogP contribution in [0.25, 0.3) is 0 Å². The Balaban J connectivity index is 2.49. The largest absolute Gasteiger partial charge is 0.466 e. The molecule has 0 bridgehead atoms. The minimum absolute atomic E-state index is 0.0279. The summed E-state index contributed by atoms with van der Waals surface area (Å²) in [6, 6.07) is 1.84. The number of ether oxygens (including phenoxy) is 1. The number of nitrogens with zero attached hydrogens (tertiary/aromatic N) is 2. The lowest BCUT2D eigenvalue weighted by Gasteiger charge is -2.27. The lowest BCUT2D eigenvalue weighted by molar-refractivity contribution is -0.121. The van der Waals surface area contributed by atoms with E-state index in [1.807, 2.05) is 13.0 Å². The van der Waals surface area contributed by atoms with Crippen LogP contribution in [-0.2, 0) is 4.79 Å². The highest BCUT2D eigenvalue weighted by Crippen LogP contribution is 2.31. The summed E-state index contributed by atoms with van der Waals surface area (Å²) in [6.45, 7) is 2.64. The van der Waals surface area contributed by atoms with Gasteiger partial charge in [-0.25, -0.2) is 4.98 Å². The van der Waals surface area contributed by atoms with Crippen LogP contribution in [0.3, 0.4) is 0 Å². The van der Waals surface area contributed by atoms with Crippen LogP contribution in [0.5, 0.6) is 5.88 Å². The predicted octanol–water partition coefficient (Wildman–Crippen LogP) is 1.59. The molecule has 74 valence electrons. The van der Waals surface area contributed by atoms with Gasteiger partial charge < -0.3 is 9.64 Å². The Morgan fingerprint density at radius 1 is 1.71 bits per heavy atom. The summed E-state index contributed by atoms with van der Waals surface area (Å²) >= 11 is 3.31. The molecule has 0 saturated carbocycles. The highest BCUT2D eigenvalue weighted by molar-refractivity contribution is 9.10. The van der Waals surface area contributed by atoms with E-state index < -0.39 is 0 Å². The van der Waals surface area contributed by atoms with E-state index in [4.69, 9.17) is 4.74 Å². The summed E-state index contributed by atoms with van der Waals surface area (Å²) in [7, 11) is 0. The van der Waals surface area contributed by atoms with E-state index in [9.17, 15) is 4.79 Å². The third kappa shape index (κ3) is 1.48. The van der Waals surface area contributed by atoms with Crippen molar-refractivity contribution in [1.82, 2.24) is 4.98 Å². The van der Waals surface area contributed by atoms with Crippen LogP contribution in [-0.4, -0.2) is 24.0 Å². The molecule has 4 nitrogen and oxygen atoms in total. The molecule has 0 unspecified atom stereocenters.